The molecule has 1 aromatic rings. The molecule has 1 nitrogen and oxygen atoms in total. The zero-order valence-electron chi connectivity index (χ0n) is 5.79. The Hall–Kier alpha value is -0.188. The van der Waals surface area contributed by atoms with Crippen molar-refractivity contribution in [3.63, 3.8) is 0 Å². The monoisotopic (exact) mass is 234 g/mol. The van der Waals surface area contributed by atoms with Crippen LogP contribution >= 0.6 is 0 Å². The van der Waals surface area contributed by atoms with Crippen LogP contribution in [0.4, 0.5) is 0 Å². The van der Waals surface area contributed by atoms with E-state index < -0.39 is 24.2 Å². The first-order chi connectivity index (χ1) is 4.93. The third kappa shape index (κ3) is 2.60. The molecule has 0 spiro atoms. The van der Waals surface area contributed by atoms with Gasteiger partial charge in [0.05, 0.1) is 0 Å². The summed E-state index contributed by atoms with van der Waals surface area (Å²) in [4.78, 5) is 10.1. The molecule has 0 atom stereocenters. The Kier molecular flexibility index (Phi) is 3.64. The summed E-state index contributed by atoms with van der Waals surface area (Å²) in [5.74, 6) is 0. The molecule has 0 saturated heterocycles. The summed E-state index contributed by atoms with van der Waals surface area (Å²) in [6.45, 7) is 0. The van der Waals surface area contributed by atoms with Gasteiger partial charge in [-0.25, -0.2) is 0 Å². The van der Waals surface area contributed by atoms with Gasteiger partial charge in [0, 0.05) is 0 Å². The van der Waals surface area contributed by atoms with Crippen LogP contribution in [-0.2, 0) is 33.0 Å². The van der Waals surface area contributed by atoms with Gasteiger partial charge in [0.15, 0.2) is 0 Å². The minimum absolute atomic E-state index is 1.01. The number of hydrogen-bond donors (Lipinski definition) is 0. The van der Waals surface area contributed by atoms with E-state index in [4.69, 9.17) is 0 Å². The number of rotatable bonds is 3. The van der Waals surface area contributed by atoms with Crippen molar-refractivity contribution in [2.24, 2.45) is 0 Å². The molecule has 0 N–H and O–H groups in total. The van der Waals surface area contributed by atoms with Crippen molar-refractivity contribution in [1.29, 1.82) is 0 Å². The molecule has 0 fully saturated rings. The second-order valence-corrected chi connectivity index (χ2v) is 6.22. The van der Waals surface area contributed by atoms with Crippen molar-refractivity contribution in [1.82, 2.24) is 0 Å². The number of benzene rings is 1. The predicted molar refractivity (Wildman–Crippen MR) is 36.9 cm³/mol. The van der Waals surface area contributed by atoms with Gasteiger partial charge in [-0.3, -0.25) is 0 Å². The van der Waals surface area contributed by atoms with E-state index in [-0.39, 0.29) is 0 Å². The second-order valence-electron chi connectivity index (χ2n) is 2.19. The maximum absolute atomic E-state index is 10.1. The van der Waals surface area contributed by atoms with Crippen LogP contribution in [0.3, 0.4) is 0 Å². The van der Waals surface area contributed by atoms with Gasteiger partial charge in [-0.2, -0.15) is 0 Å². The number of carbonyl (C=O) groups is 1. The number of hydrogen-bond acceptors (Lipinski definition) is 1. The Morgan fingerprint density at radius 3 is 2.60 bits per heavy atom. The minimum atomic E-state index is -1.01. The van der Waals surface area contributed by atoms with Gasteiger partial charge in [0.25, 0.3) is 0 Å². The van der Waals surface area contributed by atoms with Crippen molar-refractivity contribution in [2.75, 3.05) is 0 Å². The van der Waals surface area contributed by atoms with Gasteiger partial charge in [-0.05, 0) is 0 Å². The first-order valence-electron chi connectivity index (χ1n) is 3.41. The molecule has 0 aliphatic heterocycles. The first kappa shape index (κ1) is 7.91. The average molecular weight is 233 g/mol. The summed E-state index contributed by atoms with van der Waals surface area (Å²) in [6.07, 6.45) is 0. The van der Waals surface area contributed by atoms with Gasteiger partial charge in [-0.1, -0.05) is 0 Å². The molecular formula is C8H8CdO. The van der Waals surface area contributed by atoms with Crippen molar-refractivity contribution in [3.8, 4) is 0 Å². The Morgan fingerprint density at radius 2 is 2.00 bits per heavy atom. The van der Waals surface area contributed by atoms with Gasteiger partial charge in [-0.15, -0.1) is 0 Å². The van der Waals surface area contributed by atoms with Gasteiger partial charge >= 0.3 is 72.8 Å². The van der Waals surface area contributed by atoms with Crippen LogP contribution in [0.2, 0.25) is 0 Å². The molecular weight excluding hydrogens is 224 g/mol. The van der Waals surface area contributed by atoms with E-state index >= 15 is 0 Å². The molecule has 1 aromatic carbocycles. The fraction of sp³-hybridized carbons (Fsp3) is 0.125. The molecule has 0 unspecified atom stereocenters. The molecule has 0 bridgehead atoms. The molecule has 10 heavy (non-hydrogen) atoms. The molecule has 2 heteroatoms. The molecule has 0 aliphatic rings. The van der Waals surface area contributed by atoms with Crippen LogP contribution in [0.5, 0.6) is 0 Å². The number of carbonyl (C=O) groups excluding carboxylic acids is 1. The standard InChI is InChI=1S/C7H7.CHO.Cd/c1-7-5-3-2-4-6-7;1-2;/h2-6H,1H2;1H;. The van der Waals surface area contributed by atoms with Crippen molar-refractivity contribution < 1.29 is 29.0 Å². The Bertz CT molecular complexity index is 196. The Labute approximate surface area is 72.7 Å². The van der Waals surface area contributed by atoms with E-state index in [1.54, 1.807) is 0 Å². The van der Waals surface area contributed by atoms with Gasteiger partial charge < -0.3 is 0 Å². The molecule has 0 aliphatic carbocycles. The van der Waals surface area contributed by atoms with E-state index in [9.17, 15) is 4.79 Å². The normalized spacial score (nSPS) is 8.40. The van der Waals surface area contributed by atoms with Crippen LogP contribution in [0, 0.1) is 0 Å². The topological polar surface area (TPSA) is 17.1 Å². The third-order valence-corrected chi connectivity index (χ3v) is 4.54. The molecule has 0 saturated carbocycles. The van der Waals surface area contributed by atoms with E-state index in [0.29, 0.717) is 0 Å². The SMILES string of the molecule is O=[CH][Cd][CH2]c1ccccc1. The molecule has 0 heterocycles. The quantitative estimate of drug-likeness (QED) is 0.570. The first-order valence-corrected chi connectivity index (χ1v) is 8.59. The Balaban J connectivity index is 2.50. The van der Waals surface area contributed by atoms with Crippen LogP contribution < -0.4 is 0 Å². The second kappa shape index (κ2) is 4.60. The molecule has 48 valence electrons. The van der Waals surface area contributed by atoms with E-state index in [2.05, 4.69) is 12.1 Å². The maximum atomic E-state index is 10.1. The predicted octanol–water partition coefficient (Wildman–Crippen LogP) is 1.46. The molecule has 0 amide bonds. The van der Waals surface area contributed by atoms with Crippen molar-refractivity contribution in [3.05, 3.63) is 35.9 Å². The third-order valence-electron chi connectivity index (χ3n) is 1.39. The zero-order valence-corrected chi connectivity index (χ0v) is 9.82. The van der Waals surface area contributed by atoms with Crippen LogP contribution in [0.1, 0.15) is 5.56 Å². The van der Waals surface area contributed by atoms with E-state index in [0.717, 1.165) is 7.83 Å². The Morgan fingerprint density at radius 1 is 1.30 bits per heavy atom. The average Bonchev–Trinajstić information content (AvgIpc) is 2.03. The zero-order chi connectivity index (χ0) is 7.23. The van der Waals surface area contributed by atoms with Gasteiger partial charge in [0.1, 0.15) is 0 Å². The summed E-state index contributed by atoms with van der Waals surface area (Å²) >= 11 is -1.01. The fourth-order valence-electron chi connectivity index (χ4n) is 0.870. The summed E-state index contributed by atoms with van der Waals surface area (Å²) in [7, 11) is 0. The summed E-state index contributed by atoms with van der Waals surface area (Å²) in [5, 5.41) is 0. The molecule has 0 radical (unpaired) electrons. The van der Waals surface area contributed by atoms with E-state index in [1.165, 1.54) is 5.56 Å². The van der Waals surface area contributed by atoms with Crippen LogP contribution in [-0.4, -0.2) is 3.85 Å². The molecule has 1 rings (SSSR count). The summed E-state index contributed by atoms with van der Waals surface area (Å²) < 4.78 is 2.24. The van der Waals surface area contributed by atoms with Crippen molar-refractivity contribution >= 4 is 3.85 Å². The van der Waals surface area contributed by atoms with E-state index in [1.807, 2.05) is 18.2 Å². The summed E-state index contributed by atoms with van der Waals surface area (Å²) in [6, 6.07) is 10.2. The van der Waals surface area contributed by atoms with Crippen LogP contribution in [0.25, 0.3) is 0 Å². The van der Waals surface area contributed by atoms with Crippen LogP contribution in [0.15, 0.2) is 30.3 Å². The fourth-order valence-corrected chi connectivity index (χ4v) is 3.11. The molecule has 0 aromatic heterocycles. The van der Waals surface area contributed by atoms with Gasteiger partial charge in [0.2, 0.25) is 0 Å². The van der Waals surface area contributed by atoms with Crippen molar-refractivity contribution in [2.45, 2.75) is 3.98 Å². The summed E-state index contributed by atoms with van der Waals surface area (Å²) in [5.41, 5.74) is 1.32.